The lowest BCUT2D eigenvalue weighted by atomic mass is 10.0. The lowest BCUT2D eigenvalue weighted by Crippen LogP contribution is -2.38. The average Bonchev–Trinajstić information content (AvgIpc) is 3.56. The maximum atomic E-state index is 14.1. The van der Waals surface area contributed by atoms with Crippen molar-refractivity contribution in [2.45, 2.75) is 32.9 Å². The summed E-state index contributed by atoms with van der Waals surface area (Å²) in [6.07, 6.45) is 2.70. The summed E-state index contributed by atoms with van der Waals surface area (Å²) >= 11 is 0. The van der Waals surface area contributed by atoms with Crippen molar-refractivity contribution in [2.24, 2.45) is 0 Å². The number of hydrogen-bond donors (Lipinski definition) is 1. The van der Waals surface area contributed by atoms with E-state index in [-0.39, 0.29) is 11.8 Å². The van der Waals surface area contributed by atoms with Crippen molar-refractivity contribution in [1.29, 1.82) is 0 Å². The van der Waals surface area contributed by atoms with E-state index in [1.165, 1.54) is 12.1 Å². The Labute approximate surface area is 232 Å². The maximum Gasteiger partial charge on any atom is 0.322 e. The molecular formula is C32H30FN5O2. The molecule has 0 radical (unpaired) electrons. The normalized spacial score (nSPS) is 14.3. The van der Waals surface area contributed by atoms with Gasteiger partial charge in [-0.15, -0.1) is 0 Å². The molecule has 0 fully saturated rings. The van der Waals surface area contributed by atoms with E-state index in [0.717, 1.165) is 39.8 Å². The molecule has 0 unspecified atom stereocenters. The van der Waals surface area contributed by atoms with E-state index in [2.05, 4.69) is 16.8 Å². The third kappa shape index (κ3) is 4.62. The van der Waals surface area contributed by atoms with Crippen LogP contribution in [0.5, 0.6) is 5.75 Å². The minimum absolute atomic E-state index is 0.270. The molecule has 5 aromatic rings. The van der Waals surface area contributed by atoms with Crippen molar-refractivity contribution >= 4 is 11.7 Å². The summed E-state index contributed by atoms with van der Waals surface area (Å²) in [4.78, 5) is 15.9. The molecule has 1 N–H and O–H groups in total. The number of rotatable bonds is 6. The van der Waals surface area contributed by atoms with Crippen LogP contribution in [0.15, 0.2) is 97.2 Å². The third-order valence-electron chi connectivity index (χ3n) is 7.17. The zero-order chi connectivity index (χ0) is 27.6. The highest BCUT2D eigenvalue weighted by atomic mass is 19.1. The molecule has 6 rings (SSSR count). The van der Waals surface area contributed by atoms with Crippen molar-refractivity contribution in [3.8, 4) is 17.3 Å². The van der Waals surface area contributed by atoms with Gasteiger partial charge >= 0.3 is 6.03 Å². The van der Waals surface area contributed by atoms with Gasteiger partial charge in [0, 0.05) is 17.4 Å². The van der Waals surface area contributed by atoms with Crippen LogP contribution in [-0.4, -0.2) is 31.9 Å². The van der Waals surface area contributed by atoms with Crippen molar-refractivity contribution in [3.05, 3.63) is 126 Å². The number of carbonyl (C=O) groups excluding carboxylic acids is 1. The zero-order valence-electron chi connectivity index (χ0n) is 22.4. The lowest BCUT2D eigenvalue weighted by molar-refractivity contribution is 0.194. The topological polar surface area (TPSA) is 64.3 Å². The molecule has 0 spiro atoms. The Hall–Kier alpha value is -4.85. The Morgan fingerprint density at radius 2 is 1.73 bits per heavy atom. The number of urea groups is 1. The second-order valence-electron chi connectivity index (χ2n) is 9.62. The first-order valence-corrected chi connectivity index (χ1v) is 13.5. The van der Waals surface area contributed by atoms with Gasteiger partial charge in [-0.3, -0.25) is 0 Å². The molecule has 202 valence electrons. The van der Waals surface area contributed by atoms with Crippen molar-refractivity contribution in [1.82, 2.24) is 19.2 Å². The van der Waals surface area contributed by atoms with Crippen LogP contribution in [0.1, 0.15) is 42.4 Å². The van der Waals surface area contributed by atoms with Gasteiger partial charge in [0.05, 0.1) is 36.3 Å². The summed E-state index contributed by atoms with van der Waals surface area (Å²) in [6, 6.07) is 26.9. The molecule has 0 bridgehead atoms. The smallest absolute Gasteiger partial charge is 0.322 e. The number of ether oxygens (including phenoxy) is 1. The number of fused-ring (bicyclic) bond motifs is 3. The number of hydrogen-bond acceptors (Lipinski definition) is 3. The van der Waals surface area contributed by atoms with Crippen molar-refractivity contribution < 1.29 is 13.9 Å². The Balaban J connectivity index is 1.49. The van der Waals surface area contributed by atoms with Crippen LogP contribution < -0.4 is 10.1 Å². The number of nitrogens with zero attached hydrogens (tertiary/aromatic N) is 4. The molecule has 1 aliphatic rings. The lowest BCUT2D eigenvalue weighted by Gasteiger charge is -2.31. The molecule has 3 aromatic carbocycles. The molecule has 2 amide bonds. The Morgan fingerprint density at radius 1 is 0.975 bits per heavy atom. The summed E-state index contributed by atoms with van der Waals surface area (Å²) in [5.41, 5.74) is 5.16. The standard InChI is InChI=1S/C32H30FN5O2/c1-3-28-27-21-37(32(39)34-24-16-18-26(19-17-24)40-4-2)30(22-12-14-23(33)15-13-22)29-11-8-20-36(29)31(27)38(35-28)25-9-6-5-7-10-25/h5-20,30H,3-4,21H2,1-2H3,(H,34,39)/t30-/m0/s1. The minimum atomic E-state index is -0.473. The Bertz CT molecular complexity index is 1620. The van der Waals surface area contributed by atoms with E-state index in [0.29, 0.717) is 25.3 Å². The van der Waals surface area contributed by atoms with E-state index < -0.39 is 6.04 Å². The SMILES string of the molecule is CCOc1ccc(NC(=O)N2Cc3c(CC)nn(-c4ccccc4)c3-n3cccc3[C@@H]2c2ccc(F)cc2)cc1. The van der Waals surface area contributed by atoms with Gasteiger partial charge in [0.1, 0.15) is 17.4 Å². The van der Waals surface area contributed by atoms with Gasteiger partial charge in [0.2, 0.25) is 0 Å². The largest absolute Gasteiger partial charge is 0.494 e. The second kappa shape index (κ2) is 10.7. The van der Waals surface area contributed by atoms with Crippen LogP contribution in [0.2, 0.25) is 0 Å². The average molecular weight is 536 g/mol. The van der Waals surface area contributed by atoms with Gasteiger partial charge in [-0.1, -0.05) is 37.3 Å². The number of aromatic nitrogens is 3. The highest BCUT2D eigenvalue weighted by Gasteiger charge is 2.36. The summed E-state index contributed by atoms with van der Waals surface area (Å²) in [5.74, 6) is 1.31. The second-order valence-corrected chi connectivity index (χ2v) is 9.62. The number of anilines is 1. The number of nitrogens with one attached hydrogen (secondary N) is 1. The molecule has 0 aliphatic carbocycles. The number of halogens is 1. The van der Waals surface area contributed by atoms with Gasteiger partial charge in [-0.05, 0) is 79.6 Å². The molecule has 1 aliphatic heterocycles. The molecule has 3 heterocycles. The third-order valence-corrected chi connectivity index (χ3v) is 7.17. The molecule has 8 heteroatoms. The monoisotopic (exact) mass is 535 g/mol. The van der Waals surface area contributed by atoms with Gasteiger partial charge < -0.3 is 19.5 Å². The van der Waals surface area contributed by atoms with Crippen LogP contribution in [0.4, 0.5) is 14.9 Å². The maximum absolute atomic E-state index is 14.1. The molecule has 0 saturated carbocycles. The fraction of sp³-hybridized carbons (Fsp3) is 0.188. The van der Waals surface area contributed by atoms with E-state index >= 15 is 0 Å². The highest BCUT2D eigenvalue weighted by molar-refractivity contribution is 5.90. The fourth-order valence-electron chi connectivity index (χ4n) is 5.34. The summed E-state index contributed by atoms with van der Waals surface area (Å²) in [5, 5.41) is 8.06. The number of amides is 2. The summed E-state index contributed by atoms with van der Waals surface area (Å²) in [7, 11) is 0. The van der Waals surface area contributed by atoms with E-state index in [9.17, 15) is 9.18 Å². The zero-order valence-corrected chi connectivity index (χ0v) is 22.4. The molecule has 7 nitrogen and oxygen atoms in total. The summed E-state index contributed by atoms with van der Waals surface area (Å²) < 4.78 is 23.6. The van der Waals surface area contributed by atoms with Crippen LogP contribution in [0.25, 0.3) is 11.5 Å². The van der Waals surface area contributed by atoms with Crippen molar-refractivity contribution in [2.75, 3.05) is 11.9 Å². The first kappa shape index (κ1) is 25.4. The van der Waals surface area contributed by atoms with Crippen LogP contribution in [-0.2, 0) is 13.0 Å². The van der Waals surface area contributed by atoms with E-state index in [4.69, 9.17) is 9.84 Å². The summed E-state index contributed by atoms with van der Waals surface area (Å²) in [6.45, 7) is 4.88. The predicted octanol–water partition coefficient (Wildman–Crippen LogP) is 6.90. The van der Waals surface area contributed by atoms with Crippen LogP contribution >= 0.6 is 0 Å². The van der Waals surface area contributed by atoms with Gasteiger partial charge in [0.15, 0.2) is 0 Å². The van der Waals surface area contributed by atoms with Crippen LogP contribution in [0, 0.1) is 5.82 Å². The predicted molar refractivity (Wildman–Crippen MR) is 153 cm³/mol. The number of para-hydroxylation sites is 1. The fourth-order valence-corrected chi connectivity index (χ4v) is 5.34. The molecule has 1 atom stereocenters. The quantitative estimate of drug-likeness (QED) is 0.257. The van der Waals surface area contributed by atoms with Gasteiger partial charge in [-0.25, -0.2) is 13.9 Å². The van der Waals surface area contributed by atoms with Crippen molar-refractivity contribution in [3.63, 3.8) is 0 Å². The van der Waals surface area contributed by atoms with E-state index in [1.807, 2.05) is 84.5 Å². The minimum Gasteiger partial charge on any atom is -0.494 e. The first-order valence-electron chi connectivity index (χ1n) is 13.5. The Kier molecular flexibility index (Phi) is 6.82. The Morgan fingerprint density at radius 3 is 2.42 bits per heavy atom. The number of aryl methyl sites for hydroxylation is 1. The van der Waals surface area contributed by atoms with E-state index in [1.54, 1.807) is 17.0 Å². The van der Waals surface area contributed by atoms with Gasteiger partial charge in [-0.2, -0.15) is 5.10 Å². The number of benzene rings is 3. The van der Waals surface area contributed by atoms with Gasteiger partial charge in [0.25, 0.3) is 0 Å². The molecule has 2 aromatic heterocycles. The molecule has 40 heavy (non-hydrogen) atoms. The van der Waals surface area contributed by atoms with Crippen LogP contribution in [0.3, 0.4) is 0 Å². The highest BCUT2D eigenvalue weighted by Crippen LogP contribution is 2.39. The molecular weight excluding hydrogens is 505 g/mol. The first-order chi connectivity index (χ1) is 19.6. The molecule has 0 saturated heterocycles. The number of carbonyl (C=O) groups is 1.